The highest BCUT2D eigenvalue weighted by Crippen LogP contribution is 2.30. The van der Waals surface area contributed by atoms with Gasteiger partial charge in [0.1, 0.15) is 5.82 Å². The van der Waals surface area contributed by atoms with E-state index in [4.69, 9.17) is 11.5 Å². The fraction of sp³-hybridized carbons (Fsp3) is 0.600. The molecular formula is C30H45ClN8O3. The van der Waals surface area contributed by atoms with E-state index in [2.05, 4.69) is 34.4 Å². The van der Waals surface area contributed by atoms with Gasteiger partial charge < -0.3 is 26.2 Å². The fourth-order valence-electron chi connectivity index (χ4n) is 6.40. The maximum absolute atomic E-state index is 12.9. The zero-order valence-electron chi connectivity index (χ0n) is 24.9. The van der Waals surface area contributed by atoms with Crippen molar-refractivity contribution in [3.05, 3.63) is 52.1 Å². The molecule has 12 heteroatoms. The molecule has 1 aliphatic heterocycles. The summed E-state index contributed by atoms with van der Waals surface area (Å²) in [7, 11) is 2.26. The number of likely N-dealkylation sites (N-methyl/N-ethyl adjacent to an activating group) is 1. The summed E-state index contributed by atoms with van der Waals surface area (Å²) in [6, 6.07) is 8.99. The number of hydrogen-bond acceptors (Lipinski definition) is 7. The largest absolute Gasteiger partial charge is 0.354 e. The first-order chi connectivity index (χ1) is 19.5. The third-order valence-electron chi connectivity index (χ3n) is 9.01. The van der Waals surface area contributed by atoms with Crippen LogP contribution in [0.5, 0.6) is 0 Å². The third-order valence-corrected chi connectivity index (χ3v) is 9.01. The predicted octanol–water partition coefficient (Wildman–Crippen LogP) is 2.13. The Labute approximate surface area is 254 Å². The van der Waals surface area contributed by atoms with E-state index in [9.17, 15) is 14.4 Å². The summed E-state index contributed by atoms with van der Waals surface area (Å²) in [5.74, 6) is 0.0626. The van der Waals surface area contributed by atoms with Crippen molar-refractivity contribution in [1.82, 2.24) is 24.3 Å². The maximum Gasteiger partial charge on any atom is 0.354 e. The average molecular weight is 601 g/mol. The Balaban J connectivity index is 0.00000405. The van der Waals surface area contributed by atoms with Crippen LogP contribution < -0.4 is 22.5 Å². The molecule has 2 aliphatic carbocycles. The lowest BCUT2D eigenvalue weighted by molar-refractivity contribution is -0.137. The van der Waals surface area contributed by atoms with Gasteiger partial charge in [-0.25, -0.2) is 9.59 Å². The Morgan fingerprint density at radius 3 is 2.29 bits per heavy atom. The van der Waals surface area contributed by atoms with Crippen molar-refractivity contribution < 1.29 is 9.59 Å². The number of urea groups is 1. The van der Waals surface area contributed by atoms with Gasteiger partial charge in [-0.2, -0.15) is 4.98 Å². The Hall–Kier alpha value is -2.99. The summed E-state index contributed by atoms with van der Waals surface area (Å²) in [6.07, 6.45) is 9.32. The topological polar surface area (TPSA) is 143 Å². The number of anilines is 1. The Kier molecular flexibility index (Phi) is 9.97. The molecule has 1 unspecified atom stereocenters. The standard InChI is InChI=1S/C30H44N8O3.ClH/c1-30(2,32)27(39)36-14-16-37(17-15-36)28(40)33-26-12-13-38(29(41)34-26)25-9-5-20-18-24(8-4-21(20)19-25)35(3)23-10-6-22(31)7-11-23;/h5,9,12-13,19,22-24H,4,6-8,10-11,14-18,31-32H2,1-3H3,(H,33,34,40,41);1H/t22-,23-,24?;. The molecule has 230 valence electrons. The normalized spacial score (nSPS) is 22.8. The summed E-state index contributed by atoms with van der Waals surface area (Å²) >= 11 is 0. The molecule has 0 radical (unpaired) electrons. The number of rotatable bonds is 5. The van der Waals surface area contributed by atoms with E-state index in [1.807, 2.05) is 6.07 Å². The van der Waals surface area contributed by atoms with Gasteiger partial charge in [0, 0.05) is 50.5 Å². The molecule has 0 spiro atoms. The molecule has 1 atom stereocenters. The van der Waals surface area contributed by atoms with E-state index >= 15 is 0 Å². The van der Waals surface area contributed by atoms with Crippen LogP contribution in [0.4, 0.5) is 10.6 Å². The van der Waals surface area contributed by atoms with Crippen LogP contribution in [0, 0.1) is 0 Å². The number of carbonyl (C=O) groups excluding carboxylic acids is 2. The van der Waals surface area contributed by atoms with Crippen LogP contribution in [0.3, 0.4) is 0 Å². The van der Waals surface area contributed by atoms with Crippen LogP contribution in [0.15, 0.2) is 35.3 Å². The second kappa shape index (κ2) is 13.1. The van der Waals surface area contributed by atoms with Crippen LogP contribution in [-0.4, -0.2) is 93.1 Å². The lowest BCUT2D eigenvalue weighted by Gasteiger charge is -2.40. The smallest absolute Gasteiger partial charge is 0.338 e. The monoisotopic (exact) mass is 600 g/mol. The first-order valence-electron chi connectivity index (χ1n) is 14.8. The predicted molar refractivity (Wildman–Crippen MR) is 166 cm³/mol. The maximum atomic E-state index is 12.9. The van der Waals surface area contributed by atoms with Gasteiger partial charge in [-0.05, 0) is 95.2 Å². The molecule has 3 amide bonds. The Bertz CT molecular complexity index is 1330. The molecule has 5 rings (SSSR count). The van der Waals surface area contributed by atoms with E-state index in [1.165, 1.54) is 28.5 Å². The van der Waals surface area contributed by atoms with Crippen molar-refractivity contribution in [2.45, 2.75) is 82.5 Å². The first-order valence-corrected chi connectivity index (χ1v) is 14.8. The molecule has 3 aliphatic rings. The van der Waals surface area contributed by atoms with E-state index in [-0.39, 0.29) is 30.2 Å². The van der Waals surface area contributed by atoms with Crippen LogP contribution in [-0.2, 0) is 17.6 Å². The van der Waals surface area contributed by atoms with Gasteiger partial charge in [0.05, 0.1) is 11.2 Å². The second-order valence-corrected chi connectivity index (χ2v) is 12.5. The summed E-state index contributed by atoms with van der Waals surface area (Å²) in [6.45, 7) is 4.93. The number of carbonyl (C=O) groups is 2. The molecule has 11 nitrogen and oxygen atoms in total. The van der Waals surface area contributed by atoms with E-state index in [0.717, 1.165) is 37.8 Å². The van der Waals surface area contributed by atoms with Crippen molar-refractivity contribution in [2.24, 2.45) is 11.5 Å². The molecule has 1 aromatic heterocycles. The van der Waals surface area contributed by atoms with Crippen LogP contribution in [0.25, 0.3) is 5.69 Å². The molecule has 5 N–H and O–H groups in total. The van der Waals surface area contributed by atoms with Gasteiger partial charge in [-0.1, -0.05) is 6.07 Å². The molecule has 1 aromatic carbocycles. The lowest BCUT2D eigenvalue weighted by Crippen LogP contribution is -2.58. The number of aromatic nitrogens is 2. The van der Waals surface area contributed by atoms with Crippen LogP contribution in [0.1, 0.15) is 57.1 Å². The SMILES string of the molecule is CN(C1CCc2cc(-n3ccc(NC(=O)N4CCN(C(=O)C(C)(C)N)CC4)nc3=O)ccc2C1)[C@H]1CC[C@H](N)CC1.Cl. The summed E-state index contributed by atoms with van der Waals surface area (Å²) in [5.41, 5.74) is 14.0. The van der Waals surface area contributed by atoms with Gasteiger partial charge in [0.15, 0.2) is 0 Å². The van der Waals surface area contributed by atoms with Crippen molar-refractivity contribution in [2.75, 3.05) is 38.5 Å². The van der Waals surface area contributed by atoms with E-state index in [0.29, 0.717) is 44.3 Å². The van der Waals surface area contributed by atoms with Gasteiger partial charge in [0.2, 0.25) is 5.91 Å². The molecular weight excluding hydrogens is 556 g/mol. The van der Waals surface area contributed by atoms with Gasteiger partial charge in [0.25, 0.3) is 0 Å². The van der Waals surface area contributed by atoms with Gasteiger partial charge in [-0.15, -0.1) is 12.4 Å². The number of nitrogens with two attached hydrogens (primary N) is 2. The van der Waals surface area contributed by atoms with Crippen LogP contribution in [0.2, 0.25) is 0 Å². The summed E-state index contributed by atoms with van der Waals surface area (Å²) in [4.78, 5) is 48.1. The zero-order chi connectivity index (χ0) is 29.3. The molecule has 1 saturated carbocycles. The minimum absolute atomic E-state index is 0. The van der Waals surface area contributed by atoms with E-state index in [1.54, 1.807) is 35.9 Å². The number of hydrogen-bond donors (Lipinski definition) is 3. The number of nitrogens with zero attached hydrogens (tertiary/aromatic N) is 5. The molecule has 42 heavy (non-hydrogen) atoms. The Morgan fingerprint density at radius 1 is 0.976 bits per heavy atom. The minimum Gasteiger partial charge on any atom is -0.338 e. The molecule has 2 fully saturated rings. The number of fused-ring (bicyclic) bond motifs is 1. The second-order valence-electron chi connectivity index (χ2n) is 12.5. The number of nitrogens with one attached hydrogen (secondary N) is 1. The molecule has 2 heterocycles. The van der Waals surface area contributed by atoms with Gasteiger partial charge in [-0.3, -0.25) is 14.7 Å². The minimum atomic E-state index is -0.945. The van der Waals surface area contributed by atoms with Crippen molar-refractivity contribution in [3.8, 4) is 5.69 Å². The zero-order valence-corrected chi connectivity index (χ0v) is 25.7. The Morgan fingerprint density at radius 2 is 1.64 bits per heavy atom. The lowest BCUT2D eigenvalue weighted by atomic mass is 9.84. The molecule has 0 bridgehead atoms. The molecule has 2 aromatic rings. The number of benzene rings is 1. The number of halogens is 1. The molecule has 1 saturated heterocycles. The number of piperazine rings is 1. The highest BCUT2D eigenvalue weighted by atomic mass is 35.5. The van der Waals surface area contributed by atoms with Gasteiger partial charge >= 0.3 is 11.7 Å². The average Bonchev–Trinajstić information content (AvgIpc) is 2.96. The van der Waals surface area contributed by atoms with E-state index < -0.39 is 11.2 Å². The summed E-state index contributed by atoms with van der Waals surface area (Å²) in [5, 5.41) is 2.72. The first kappa shape index (κ1) is 31.9. The van der Waals surface area contributed by atoms with Crippen LogP contribution >= 0.6 is 12.4 Å². The quantitative estimate of drug-likeness (QED) is 0.477. The summed E-state index contributed by atoms with van der Waals surface area (Å²) < 4.78 is 1.51. The number of amides is 3. The van der Waals surface area contributed by atoms with Crippen molar-refractivity contribution in [1.29, 1.82) is 0 Å². The van der Waals surface area contributed by atoms with Crippen molar-refractivity contribution >= 4 is 30.2 Å². The number of aryl methyl sites for hydroxylation is 1. The van der Waals surface area contributed by atoms with Crippen molar-refractivity contribution in [3.63, 3.8) is 0 Å². The third kappa shape index (κ3) is 7.14. The fourth-order valence-corrected chi connectivity index (χ4v) is 6.40. The highest BCUT2D eigenvalue weighted by Gasteiger charge is 2.32. The highest BCUT2D eigenvalue weighted by molar-refractivity contribution is 5.89.